The number of anilines is 1. The molecule has 1 N–H and O–H groups in total. The van der Waals surface area contributed by atoms with Gasteiger partial charge in [0.1, 0.15) is 6.54 Å². The van der Waals surface area contributed by atoms with E-state index in [0.717, 1.165) is 58.2 Å². The lowest BCUT2D eigenvalue weighted by molar-refractivity contribution is -0.129. The molecule has 0 saturated carbocycles. The van der Waals surface area contributed by atoms with Crippen LogP contribution in [-0.2, 0) is 11.8 Å². The SMILES string of the molecule is CCNC(=NCC(=O)N1CCN(c2ccccc2)CC1)N1CCC(c2cnn(C)c2)C1. The Kier molecular flexibility index (Phi) is 6.74. The van der Waals surface area contributed by atoms with E-state index >= 15 is 0 Å². The number of aromatic nitrogens is 2. The molecule has 2 fully saturated rings. The Morgan fingerprint density at radius 3 is 2.58 bits per heavy atom. The number of aryl methyl sites for hydroxylation is 1. The van der Waals surface area contributed by atoms with Crippen LogP contribution in [0.1, 0.15) is 24.8 Å². The van der Waals surface area contributed by atoms with E-state index in [9.17, 15) is 4.79 Å². The lowest BCUT2D eigenvalue weighted by Crippen LogP contribution is -2.49. The first-order valence-electron chi connectivity index (χ1n) is 11.2. The van der Waals surface area contributed by atoms with Gasteiger partial charge in [-0.1, -0.05) is 18.2 Å². The van der Waals surface area contributed by atoms with Gasteiger partial charge in [0.2, 0.25) is 5.91 Å². The maximum Gasteiger partial charge on any atom is 0.244 e. The molecule has 0 aliphatic carbocycles. The van der Waals surface area contributed by atoms with Crippen molar-refractivity contribution < 1.29 is 4.79 Å². The van der Waals surface area contributed by atoms with Gasteiger partial charge < -0.3 is 20.0 Å². The van der Waals surface area contributed by atoms with E-state index in [1.807, 2.05) is 28.9 Å². The van der Waals surface area contributed by atoms with Gasteiger partial charge in [-0.25, -0.2) is 4.99 Å². The van der Waals surface area contributed by atoms with Crippen LogP contribution < -0.4 is 10.2 Å². The fourth-order valence-electron chi connectivity index (χ4n) is 4.40. The number of benzene rings is 1. The second-order valence-corrected chi connectivity index (χ2v) is 8.25. The van der Waals surface area contributed by atoms with Crippen LogP contribution in [0.25, 0.3) is 0 Å². The van der Waals surface area contributed by atoms with E-state index in [2.05, 4.69) is 62.6 Å². The number of likely N-dealkylation sites (tertiary alicyclic amines) is 1. The zero-order chi connectivity index (χ0) is 21.6. The number of para-hydroxylation sites is 1. The van der Waals surface area contributed by atoms with Gasteiger partial charge in [-0.05, 0) is 31.0 Å². The van der Waals surface area contributed by atoms with Gasteiger partial charge in [0, 0.05) is 70.7 Å². The molecule has 8 heteroatoms. The van der Waals surface area contributed by atoms with Crippen molar-refractivity contribution in [3.05, 3.63) is 48.3 Å². The standard InChI is InChI=1S/C23H33N7O/c1-3-24-23(30-10-9-19(18-30)20-15-26-27(2)17-20)25-16-22(31)29-13-11-28(12-14-29)21-7-5-4-6-8-21/h4-8,15,17,19H,3,9-14,16,18H2,1-2H3,(H,24,25). The summed E-state index contributed by atoms with van der Waals surface area (Å²) in [7, 11) is 1.95. The Balaban J connectivity index is 1.31. The molecule has 0 radical (unpaired) electrons. The second-order valence-electron chi connectivity index (χ2n) is 8.25. The highest BCUT2D eigenvalue weighted by atomic mass is 16.2. The van der Waals surface area contributed by atoms with Crippen molar-refractivity contribution >= 4 is 17.6 Å². The molecule has 2 aliphatic rings. The monoisotopic (exact) mass is 423 g/mol. The number of nitrogens with zero attached hydrogens (tertiary/aromatic N) is 6. The molecule has 1 atom stereocenters. The summed E-state index contributed by atoms with van der Waals surface area (Å²) < 4.78 is 1.85. The fourth-order valence-corrected chi connectivity index (χ4v) is 4.40. The molecule has 0 bridgehead atoms. The quantitative estimate of drug-likeness (QED) is 0.583. The van der Waals surface area contributed by atoms with Crippen molar-refractivity contribution in [3.63, 3.8) is 0 Å². The molecule has 1 unspecified atom stereocenters. The minimum absolute atomic E-state index is 0.103. The first-order valence-corrected chi connectivity index (χ1v) is 11.2. The van der Waals surface area contributed by atoms with Crippen LogP contribution in [0, 0.1) is 0 Å². The van der Waals surface area contributed by atoms with Gasteiger partial charge in [0.05, 0.1) is 6.20 Å². The van der Waals surface area contributed by atoms with Crippen LogP contribution in [0.15, 0.2) is 47.7 Å². The van der Waals surface area contributed by atoms with Crippen molar-refractivity contribution in [3.8, 4) is 0 Å². The molecular formula is C23H33N7O. The van der Waals surface area contributed by atoms with Crippen LogP contribution in [0.2, 0.25) is 0 Å². The van der Waals surface area contributed by atoms with Gasteiger partial charge in [-0.15, -0.1) is 0 Å². The molecule has 2 saturated heterocycles. The van der Waals surface area contributed by atoms with Gasteiger partial charge in [-0.3, -0.25) is 9.48 Å². The second kappa shape index (κ2) is 9.85. The number of hydrogen-bond acceptors (Lipinski definition) is 4. The molecule has 1 amide bonds. The minimum Gasteiger partial charge on any atom is -0.368 e. The Hall–Kier alpha value is -3.03. The summed E-state index contributed by atoms with van der Waals surface area (Å²) in [6.07, 6.45) is 5.12. The number of hydrogen-bond donors (Lipinski definition) is 1. The molecule has 0 spiro atoms. The van der Waals surface area contributed by atoms with E-state index in [-0.39, 0.29) is 12.5 Å². The zero-order valence-corrected chi connectivity index (χ0v) is 18.6. The Morgan fingerprint density at radius 1 is 1.13 bits per heavy atom. The lowest BCUT2D eigenvalue weighted by Gasteiger charge is -2.36. The summed E-state index contributed by atoms with van der Waals surface area (Å²) in [5.74, 6) is 1.40. The molecule has 166 valence electrons. The maximum atomic E-state index is 12.8. The summed E-state index contributed by atoms with van der Waals surface area (Å²) in [6.45, 7) is 8.10. The molecule has 2 aromatic rings. The highest BCUT2D eigenvalue weighted by Crippen LogP contribution is 2.26. The molecule has 8 nitrogen and oxygen atoms in total. The lowest BCUT2D eigenvalue weighted by atomic mass is 10.0. The van der Waals surface area contributed by atoms with Crippen molar-refractivity contribution in [1.29, 1.82) is 0 Å². The smallest absolute Gasteiger partial charge is 0.244 e. The fraction of sp³-hybridized carbons (Fsp3) is 0.522. The number of carbonyl (C=O) groups is 1. The molecule has 1 aromatic heterocycles. The highest BCUT2D eigenvalue weighted by molar-refractivity contribution is 5.85. The third kappa shape index (κ3) is 5.18. The van der Waals surface area contributed by atoms with Crippen LogP contribution in [0.5, 0.6) is 0 Å². The van der Waals surface area contributed by atoms with E-state index in [0.29, 0.717) is 5.92 Å². The third-order valence-corrected chi connectivity index (χ3v) is 6.14. The molecule has 4 rings (SSSR count). The maximum absolute atomic E-state index is 12.8. The average Bonchev–Trinajstić information content (AvgIpc) is 3.46. The molecule has 31 heavy (non-hydrogen) atoms. The predicted octanol–water partition coefficient (Wildman–Crippen LogP) is 1.52. The first kappa shape index (κ1) is 21.2. The normalized spacial score (nSPS) is 19.7. The summed E-state index contributed by atoms with van der Waals surface area (Å²) in [4.78, 5) is 24.0. The summed E-state index contributed by atoms with van der Waals surface area (Å²) >= 11 is 0. The summed E-state index contributed by atoms with van der Waals surface area (Å²) in [6, 6.07) is 10.4. The third-order valence-electron chi connectivity index (χ3n) is 6.14. The number of aliphatic imine (C=N–C) groups is 1. The van der Waals surface area contributed by atoms with E-state index in [4.69, 9.17) is 0 Å². The zero-order valence-electron chi connectivity index (χ0n) is 18.6. The summed E-state index contributed by atoms with van der Waals surface area (Å²) in [5, 5.41) is 7.67. The first-order chi connectivity index (χ1) is 15.1. The Morgan fingerprint density at radius 2 is 1.90 bits per heavy atom. The Bertz CT molecular complexity index is 886. The molecule has 1 aromatic carbocycles. The molecule has 2 aliphatic heterocycles. The van der Waals surface area contributed by atoms with E-state index in [1.165, 1.54) is 11.3 Å². The van der Waals surface area contributed by atoms with Crippen molar-refractivity contribution in [2.45, 2.75) is 19.3 Å². The van der Waals surface area contributed by atoms with Gasteiger partial charge in [-0.2, -0.15) is 5.10 Å². The largest absolute Gasteiger partial charge is 0.368 e. The number of amides is 1. The van der Waals surface area contributed by atoms with Crippen LogP contribution in [0.4, 0.5) is 5.69 Å². The minimum atomic E-state index is 0.103. The van der Waals surface area contributed by atoms with Gasteiger partial charge >= 0.3 is 0 Å². The Labute approximate surface area is 184 Å². The molecular weight excluding hydrogens is 390 g/mol. The number of carbonyl (C=O) groups excluding carboxylic acids is 1. The predicted molar refractivity (Wildman–Crippen MR) is 123 cm³/mol. The van der Waals surface area contributed by atoms with Crippen LogP contribution in [0.3, 0.4) is 0 Å². The highest BCUT2D eigenvalue weighted by Gasteiger charge is 2.27. The number of rotatable bonds is 5. The molecule has 3 heterocycles. The van der Waals surface area contributed by atoms with Crippen molar-refractivity contribution in [1.82, 2.24) is 24.9 Å². The van der Waals surface area contributed by atoms with Crippen molar-refractivity contribution in [2.75, 3.05) is 57.3 Å². The summed E-state index contributed by atoms with van der Waals surface area (Å²) in [5.41, 5.74) is 2.49. The number of nitrogens with one attached hydrogen (secondary N) is 1. The number of piperazine rings is 1. The van der Waals surface area contributed by atoms with Gasteiger partial charge in [0.25, 0.3) is 0 Å². The van der Waals surface area contributed by atoms with Crippen molar-refractivity contribution in [2.24, 2.45) is 12.0 Å². The topological polar surface area (TPSA) is 69.0 Å². The van der Waals surface area contributed by atoms with E-state index < -0.39 is 0 Å². The van der Waals surface area contributed by atoms with Gasteiger partial charge in [0.15, 0.2) is 5.96 Å². The number of guanidine groups is 1. The average molecular weight is 424 g/mol. The van der Waals surface area contributed by atoms with Crippen LogP contribution >= 0.6 is 0 Å². The van der Waals surface area contributed by atoms with E-state index in [1.54, 1.807) is 0 Å². The van der Waals surface area contributed by atoms with Crippen LogP contribution in [-0.4, -0.2) is 83.8 Å².